The lowest BCUT2D eigenvalue weighted by molar-refractivity contribution is -0.116. The van der Waals surface area contributed by atoms with Crippen molar-refractivity contribution in [2.45, 2.75) is 26.3 Å². The molecule has 0 fully saturated rings. The summed E-state index contributed by atoms with van der Waals surface area (Å²) in [4.78, 5) is 12.1. The smallest absolute Gasteiger partial charge is 0.224 e. The summed E-state index contributed by atoms with van der Waals surface area (Å²) in [6.45, 7) is 3.75. The average molecular weight is 319 g/mol. The minimum atomic E-state index is 0. The zero-order valence-corrected chi connectivity index (χ0v) is 13.7. The molecule has 0 aliphatic heterocycles. The van der Waals surface area contributed by atoms with Gasteiger partial charge in [0.05, 0.1) is 0 Å². The summed E-state index contributed by atoms with van der Waals surface area (Å²) >= 11 is 0. The Bertz CT molecular complexity index is 572. The van der Waals surface area contributed by atoms with E-state index in [1.807, 2.05) is 54.6 Å². The van der Waals surface area contributed by atoms with Crippen molar-refractivity contribution < 1.29 is 4.79 Å². The van der Waals surface area contributed by atoms with E-state index in [0.717, 1.165) is 30.8 Å². The van der Waals surface area contributed by atoms with Gasteiger partial charge in [-0.2, -0.15) is 0 Å². The molecule has 0 aliphatic rings. The van der Waals surface area contributed by atoms with Crippen molar-refractivity contribution in [3.63, 3.8) is 0 Å². The monoisotopic (exact) mass is 318 g/mol. The number of para-hydroxylation sites is 1. The lowest BCUT2D eigenvalue weighted by Crippen LogP contribution is -2.17. The first-order valence-corrected chi connectivity index (χ1v) is 7.42. The van der Waals surface area contributed by atoms with Gasteiger partial charge < -0.3 is 10.6 Å². The van der Waals surface area contributed by atoms with E-state index in [1.165, 1.54) is 5.56 Å². The maximum Gasteiger partial charge on any atom is 0.224 e. The molecule has 2 N–H and O–H groups in total. The van der Waals surface area contributed by atoms with Gasteiger partial charge in [0.25, 0.3) is 0 Å². The Morgan fingerprint density at radius 1 is 1.00 bits per heavy atom. The van der Waals surface area contributed by atoms with E-state index < -0.39 is 0 Å². The second-order valence-electron chi connectivity index (χ2n) is 4.97. The van der Waals surface area contributed by atoms with Crippen molar-refractivity contribution in [1.82, 2.24) is 5.32 Å². The van der Waals surface area contributed by atoms with Gasteiger partial charge in [-0.05, 0) is 30.2 Å². The molecule has 0 atom stereocenters. The summed E-state index contributed by atoms with van der Waals surface area (Å²) in [6, 6.07) is 18.0. The van der Waals surface area contributed by atoms with Gasteiger partial charge in [-0.25, -0.2) is 0 Å². The molecule has 0 saturated heterocycles. The van der Waals surface area contributed by atoms with Gasteiger partial charge in [-0.3, -0.25) is 4.79 Å². The summed E-state index contributed by atoms with van der Waals surface area (Å²) in [5.41, 5.74) is 3.21. The van der Waals surface area contributed by atoms with E-state index >= 15 is 0 Å². The molecule has 0 heterocycles. The minimum Gasteiger partial charge on any atom is -0.326 e. The maximum atomic E-state index is 12.1. The first-order valence-electron chi connectivity index (χ1n) is 7.42. The van der Waals surface area contributed by atoms with Crippen LogP contribution in [-0.4, -0.2) is 12.5 Å². The summed E-state index contributed by atoms with van der Waals surface area (Å²) in [5.74, 6) is 0.0581. The van der Waals surface area contributed by atoms with E-state index in [1.54, 1.807) is 0 Å². The van der Waals surface area contributed by atoms with Crippen molar-refractivity contribution in [1.29, 1.82) is 0 Å². The standard InChI is InChI=1S/C18H22N2O.ClH/c1-2-19-14-16-10-6-7-11-17(16)20-18(21)13-12-15-8-4-3-5-9-15;/h3-11,19H,2,12-14H2,1H3,(H,20,21);1H. The fraction of sp³-hybridized carbons (Fsp3) is 0.278. The highest BCUT2D eigenvalue weighted by molar-refractivity contribution is 5.91. The Balaban J connectivity index is 0.00000242. The van der Waals surface area contributed by atoms with E-state index in [4.69, 9.17) is 0 Å². The predicted molar refractivity (Wildman–Crippen MR) is 94.5 cm³/mol. The number of halogens is 1. The molecule has 0 spiro atoms. The normalized spacial score (nSPS) is 9.86. The van der Waals surface area contributed by atoms with E-state index in [0.29, 0.717) is 6.42 Å². The minimum absolute atomic E-state index is 0. The van der Waals surface area contributed by atoms with E-state index in [-0.39, 0.29) is 18.3 Å². The van der Waals surface area contributed by atoms with Crippen LogP contribution in [-0.2, 0) is 17.8 Å². The third kappa shape index (κ3) is 5.88. The number of hydrogen-bond acceptors (Lipinski definition) is 2. The molecular weight excluding hydrogens is 296 g/mol. The second kappa shape index (κ2) is 9.98. The Hall–Kier alpha value is -1.84. The number of anilines is 1. The van der Waals surface area contributed by atoms with Crippen LogP contribution in [0.2, 0.25) is 0 Å². The van der Waals surface area contributed by atoms with Crippen molar-refractivity contribution in [3.8, 4) is 0 Å². The van der Waals surface area contributed by atoms with Crippen LogP contribution < -0.4 is 10.6 Å². The number of carbonyl (C=O) groups excluding carboxylic acids is 1. The molecule has 0 bridgehead atoms. The first kappa shape index (κ1) is 18.2. The van der Waals surface area contributed by atoms with Gasteiger partial charge >= 0.3 is 0 Å². The molecule has 0 saturated carbocycles. The predicted octanol–water partition coefficient (Wildman–Crippen LogP) is 3.79. The van der Waals surface area contributed by atoms with Crippen LogP contribution in [0.1, 0.15) is 24.5 Å². The first-order chi connectivity index (χ1) is 10.3. The molecule has 3 nitrogen and oxygen atoms in total. The molecule has 22 heavy (non-hydrogen) atoms. The number of hydrogen-bond donors (Lipinski definition) is 2. The van der Waals surface area contributed by atoms with Crippen LogP contribution in [0, 0.1) is 0 Å². The third-order valence-electron chi connectivity index (χ3n) is 3.34. The maximum absolute atomic E-state index is 12.1. The molecule has 0 unspecified atom stereocenters. The molecular formula is C18H23ClN2O. The number of nitrogens with one attached hydrogen (secondary N) is 2. The Kier molecular flexibility index (Phi) is 8.26. The largest absolute Gasteiger partial charge is 0.326 e. The summed E-state index contributed by atoms with van der Waals surface area (Å²) in [5, 5.41) is 6.30. The topological polar surface area (TPSA) is 41.1 Å². The molecule has 2 rings (SSSR count). The fourth-order valence-corrected chi connectivity index (χ4v) is 2.17. The summed E-state index contributed by atoms with van der Waals surface area (Å²) in [7, 11) is 0. The van der Waals surface area contributed by atoms with Crippen LogP contribution in [0.25, 0.3) is 0 Å². The fourth-order valence-electron chi connectivity index (χ4n) is 2.17. The number of amides is 1. The van der Waals surface area contributed by atoms with Crippen LogP contribution in [0.3, 0.4) is 0 Å². The van der Waals surface area contributed by atoms with Crippen LogP contribution in [0.4, 0.5) is 5.69 Å². The van der Waals surface area contributed by atoms with Crippen molar-refractivity contribution in [3.05, 3.63) is 65.7 Å². The van der Waals surface area contributed by atoms with Gasteiger partial charge in [-0.15, -0.1) is 12.4 Å². The Morgan fingerprint density at radius 2 is 1.68 bits per heavy atom. The average Bonchev–Trinajstić information content (AvgIpc) is 2.53. The van der Waals surface area contributed by atoms with Crippen molar-refractivity contribution in [2.24, 2.45) is 0 Å². The van der Waals surface area contributed by atoms with Crippen LogP contribution >= 0.6 is 12.4 Å². The molecule has 2 aromatic rings. The highest BCUT2D eigenvalue weighted by Gasteiger charge is 2.06. The number of benzene rings is 2. The quantitative estimate of drug-likeness (QED) is 0.815. The molecule has 0 radical (unpaired) electrons. The van der Waals surface area contributed by atoms with Crippen molar-refractivity contribution in [2.75, 3.05) is 11.9 Å². The van der Waals surface area contributed by atoms with Gasteiger partial charge in [0, 0.05) is 18.7 Å². The molecule has 4 heteroatoms. The SMILES string of the molecule is CCNCc1ccccc1NC(=O)CCc1ccccc1.Cl. The van der Waals surface area contributed by atoms with E-state index in [2.05, 4.69) is 17.6 Å². The lowest BCUT2D eigenvalue weighted by atomic mass is 10.1. The summed E-state index contributed by atoms with van der Waals surface area (Å²) in [6.07, 6.45) is 1.27. The summed E-state index contributed by atoms with van der Waals surface area (Å²) < 4.78 is 0. The second-order valence-corrected chi connectivity index (χ2v) is 4.97. The molecule has 0 aliphatic carbocycles. The number of rotatable bonds is 7. The van der Waals surface area contributed by atoms with Crippen molar-refractivity contribution >= 4 is 24.0 Å². The van der Waals surface area contributed by atoms with Gasteiger partial charge in [0.1, 0.15) is 0 Å². The molecule has 2 aromatic carbocycles. The zero-order valence-electron chi connectivity index (χ0n) is 12.8. The molecule has 1 amide bonds. The highest BCUT2D eigenvalue weighted by Crippen LogP contribution is 2.15. The van der Waals surface area contributed by atoms with Gasteiger partial charge in [-0.1, -0.05) is 55.5 Å². The Morgan fingerprint density at radius 3 is 2.41 bits per heavy atom. The number of aryl methyl sites for hydroxylation is 1. The zero-order chi connectivity index (χ0) is 14.9. The van der Waals surface area contributed by atoms with E-state index in [9.17, 15) is 4.79 Å². The highest BCUT2D eigenvalue weighted by atomic mass is 35.5. The Labute approximate surface area is 138 Å². The number of carbonyl (C=O) groups is 1. The van der Waals surface area contributed by atoms with Gasteiger partial charge in [0.2, 0.25) is 5.91 Å². The molecule has 118 valence electrons. The lowest BCUT2D eigenvalue weighted by Gasteiger charge is -2.11. The molecule has 0 aromatic heterocycles. The van der Waals surface area contributed by atoms with Gasteiger partial charge in [0.15, 0.2) is 0 Å². The van der Waals surface area contributed by atoms with Crippen LogP contribution in [0.5, 0.6) is 0 Å². The third-order valence-corrected chi connectivity index (χ3v) is 3.34. The van der Waals surface area contributed by atoms with Crippen LogP contribution in [0.15, 0.2) is 54.6 Å².